The average Bonchev–Trinajstić information content (AvgIpc) is 2.30. The van der Waals surface area contributed by atoms with Gasteiger partial charge in [0.05, 0.1) is 19.4 Å². The number of benzene rings is 1. The van der Waals surface area contributed by atoms with Crippen LogP contribution in [0.2, 0.25) is 0 Å². The molecule has 4 nitrogen and oxygen atoms in total. The number of anilines is 1. The van der Waals surface area contributed by atoms with Crippen molar-refractivity contribution in [3.63, 3.8) is 0 Å². The number of ether oxygens (including phenoxy) is 1. The number of halogens is 2. The molecule has 1 aromatic rings. The highest BCUT2D eigenvalue weighted by molar-refractivity contribution is 5.80. The molecule has 1 fully saturated rings. The minimum atomic E-state index is -0.665. The van der Waals surface area contributed by atoms with Crippen LogP contribution in [0.4, 0.5) is 14.5 Å². The summed E-state index contributed by atoms with van der Waals surface area (Å²) in [7, 11) is 0. The normalized spacial score (nSPS) is 16.7. The van der Waals surface area contributed by atoms with Crippen LogP contribution in [0.3, 0.4) is 0 Å². The van der Waals surface area contributed by atoms with Crippen LogP contribution in [0, 0.1) is 11.6 Å². The number of oxime groups is 1. The van der Waals surface area contributed by atoms with E-state index in [1.807, 2.05) is 0 Å². The Kier molecular flexibility index (Phi) is 3.53. The quantitative estimate of drug-likeness (QED) is 0.487. The van der Waals surface area contributed by atoms with E-state index >= 15 is 0 Å². The van der Waals surface area contributed by atoms with Gasteiger partial charge in [-0.2, -0.15) is 0 Å². The predicted octanol–water partition coefficient (Wildman–Crippen LogP) is 1.61. The fourth-order valence-corrected chi connectivity index (χ4v) is 1.82. The van der Waals surface area contributed by atoms with Gasteiger partial charge >= 0.3 is 0 Å². The van der Waals surface area contributed by atoms with E-state index < -0.39 is 11.6 Å². The second-order valence-corrected chi connectivity index (χ2v) is 3.68. The molecule has 0 amide bonds. The van der Waals surface area contributed by atoms with E-state index in [1.165, 1.54) is 0 Å². The molecule has 1 saturated heterocycles. The van der Waals surface area contributed by atoms with Gasteiger partial charge in [0.15, 0.2) is 0 Å². The molecular formula is C11H12F2N2O2. The monoisotopic (exact) mass is 242 g/mol. The van der Waals surface area contributed by atoms with Crippen molar-refractivity contribution in [3.8, 4) is 0 Å². The van der Waals surface area contributed by atoms with Crippen LogP contribution in [0.15, 0.2) is 17.3 Å². The maximum Gasteiger partial charge on any atom is 0.150 e. The first-order valence-corrected chi connectivity index (χ1v) is 5.21. The van der Waals surface area contributed by atoms with Gasteiger partial charge in [0.25, 0.3) is 0 Å². The molecule has 0 radical (unpaired) electrons. The van der Waals surface area contributed by atoms with Crippen molar-refractivity contribution in [1.29, 1.82) is 0 Å². The SMILES string of the molecule is ON=Cc1cc(F)c(N2CCOCC2)c(F)c1. The van der Waals surface area contributed by atoms with Gasteiger partial charge in [0.1, 0.15) is 17.3 Å². The first kappa shape index (κ1) is 11.8. The molecule has 0 saturated carbocycles. The maximum atomic E-state index is 13.8. The molecule has 1 aliphatic rings. The average molecular weight is 242 g/mol. The van der Waals surface area contributed by atoms with Crippen LogP contribution < -0.4 is 4.90 Å². The summed E-state index contributed by atoms with van der Waals surface area (Å²) in [6.45, 7) is 1.83. The third kappa shape index (κ3) is 2.52. The smallest absolute Gasteiger partial charge is 0.150 e. The summed E-state index contributed by atoms with van der Waals surface area (Å²) in [6.07, 6.45) is 0.981. The standard InChI is InChI=1S/C11H12F2N2O2/c12-9-5-8(7-14-16)6-10(13)11(9)15-1-3-17-4-2-15/h5-7,16H,1-4H2. The van der Waals surface area contributed by atoms with Crippen molar-refractivity contribution in [3.05, 3.63) is 29.3 Å². The molecule has 92 valence electrons. The van der Waals surface area contributed by atoms with Crippen molar-refractivity contribution in [2.75, 3.05) is 31.2 Å². The molecule has 0 aliphatic carbocycles. The van der Waals surface area contributed by atoms with E-state index in [1.54, 1.807) is 4.90 Å². The molecule has 0 bridgehead atoms. The first-order chi connectivity index (χ1) is 8.22. The molecule has 6 heteroatoms. The van der Waals surface area contributed by atoms with E-state index in [4.69, 9.17) is 9.94 Å². The van der Waals surface area contributed by atoms with Gasteiger partial charge in [-0.25, -0.2) is 8.78 Å². The Bertz CT molecular complexity index is 408. The number of rotatable bonds is 2. The van der Waals surface area contributed by atoms with Crippen LogP contribution in [-0.4, -0.2) is 37.7 Å². The van der Waals surface area contributed by atoms with Crippen molar-refractivity contribution < 1.29 is 18.7 Å². The lowest BCUT2D eigenvalue weighted by Gasteiger charge is -2.29. The third-order valence-corrected chi connectivity index (χ3v) is 2.57. The highest BCUT2D eigenvalue weighted by Crippen LogP contribution is 2.25. The van der Waals surface area contributed by atoms with Gasteiger partial charge in [-0.3, -0.25) is 0 Å². The van der Waals surface area contributed by atoms with Crippen LogP contribution >= 0.6 is 0 Å². The molecule has 0 aromatic heterocycles. The van der Waals surface area contributed by atoms with Crippen molar-refractivity contribution in [2.24, 2.45) is 5.16 Å². The van der Waals surface area contributed by atoms with Gasteiger partial charge in [0.2, 0.25) is 0 Å². The lowest BCUT2D eigenvalue weighted by molar-refractivity contribution is 0.122. The molecule has 2 rings (SSSR count). The molecule has 0 atom stereocenters. The number of nitrogens with zero attached hydrogens (tertiary/aromatic N) is 2. The summed E-state index contributed by atoms with van der Waals surface area (Å²) in [6, 6.07) is 2.27. The van der Waals surface area contributed by atoms with Gasteiger partial charge in [0, 0.05) is 18.7 Å². The Balaban J connectivity index is 2.33. The Hall–Kier alpha value is -1.69. The minimum Gasteiger partial charge on any atom is -0.411 e. The summed E-state index contributed by atoms with van der Waals surface area (Å²) in [5.74, 6) is -1.33. The maximum absolute atomic E-state index is 13.8. The molecule has 1 aromatic carbocycles. The predicted molar refractivity (Wildman–Crippen MR) is 58.8 cm³/mol. The van der Waals surface area contributed by atoms with Crippen molar-refractivity contribution >= 4 is 11.9 Å². The van der Waals surface area contributed by atoms with Crippen molar-refractivity contribution in [2.45, 2.75) is 0 Å². The van der Waals surface area contributed by atoms with E-state index in [9.17, 15) is 8.78 Å². The Labute approximate surface area is 97.1 Å². The van der Waals surface area contributed by atoms with E-state index in [2.05, 4.69) is 5.16 Å². The van der Waals surface area contributed by atoms with E-state index in [0.717, 1.165) is 18.3 Å². The lowest BCUT2D eigenvalue weighted by atomic mass is 10.1. The van der Waals surface area contributed by atoms with Gasteiger partial charge in [-0.15, -0.1) is 0 Å². The zero-order valence-electron chi connectivity index (χ0n) is 9.07. The second kappa shape index (κ2) is 5.09. The molecule has 0 unspecified atom stereocenters. The van der Waals surface area contributed by atoms with Gasteiger partial charge < -0.3 is 14.8 Å². The zero-order valence-corrected chi connectivity index (χ0v) is 9.07. The van der Waals surface area contributed by atoms with Crippen LogP contribution in [0.25, 0.3) is 0 Å². The van der Waals surface area contributed by atoms with Gasteiger partial charge in [-0.05, 0) is 12.1 Å². The number of hydrogen-bond donors (Lipinski definition) is 1. The molecular weight excluding hydrogens is 230 g/mol. The van der Waals surface area contributed by atoms with E-state index in [0.29, 0.717) is 26.3 Å². The molecule has 1 heterocycles. The fourth-order valence-electron chi connectivity index (χ4n) is 1.82. The molecule has 1 aliphatic heterocycles. The summed E-state index contributed by atoms with van der Waals surface area (Å²) >= 11 is 0. The highest BCUT2D eigenvalue weighted by atomic mass is 19.1. The highest BCUT2D eigenvalue weighted by Gasteiger charge is 2.19. The summed E-state index contributed by atoms with van der Waals surface area (Å²) in [5, 5.41) is 11.1. The van der Waals surface area contributed by atoms with Crippen LogP contribution in [0.1, 0.15) is 5.56 Å². The second-order valence-electron chi connectivity index (χ2n) is 3.68. The molecule has 1 N–H and O–H groups in total. The minimum absolute atomic E-state index is 0.0524. The number of hydrogen-bond acceptors (Lipinski definition) is 4. The Morgan fingerprint density at radius 1 is 1.24 bits per heavy atom. The zero-order chi connectivity index (χ0) is 12.3. The van der Waals surface area contributed by atoms with Crippen LogP contribution in [0.5, 0.6) is 0 Å². The first-order valence-electron chi connectivity index (χ1n) is 5.21. The van der Waals surface area contributed by atoms with Crippen molar-refractivity contribution in [1.82, 2.24) is 0 Å². The third-order valence-electron chi connectivity index (χ3n) is 2.57. The summed E-state index contributed by atoms with van der Waals surface area (Å²) in [4.78, 5) is 1.61. The lowest BCUT2D eigenvalue weighted by Crippen LogP contribution is -2.37. The summed E-state index contributed by atoms with van der Waals surface area (Å²) in [5.41, 5.74) is 0.128. The van der Waals surface area contributed by atoms with E-state index in [-0.39, 0.29) is 11.3 Å². The topological polar surface area (TPSA) is 45.1 Å². The molecule has 17 heavy (non-hydrogen) atoms. The Morgan fingerprint density at radius 3 is 2.35 bits per heavy atom. The fraction of sp³-hybridized carbons (Fsp3) is 0.364. The largest absolute Gasteiger partial charge is 0.411 e. The molecule has 0 spiro atoms. The Morgan fingerprint density at radius 2 is 1.82 bits per heavy atom. The van der Waals surface area contributed by atoms with Crippen LogP contribution in [-0.2, 0) is 4.74 Å². The number of morpholine rings is 1. The summed E-state index contributed by atoms with van der Waals surface area (Å²) < 4.78 is 32.6. The van der Waals surface area contributed by atoms with Gasteiger partial charge in [-0.1, -0.05) is 5.16 Å².